The fraction of sp³-hybridized carbons (Fsp3) is 0.643. The third-order valence-electron chi connectivity index (χ3n) is 4.27. The Morgan fingerprint density at radius 3 is 2.90 bits per heavy atom. The molecule has 4 rings (SSSR count). The van der Waals surface area contributed by atoms with E-state index >= 15 is 0 Å². The van der Waals surface area contributed by atoms with Gasteiger partial charge < -0.3 is 10.2 Å². The highest BCUT2D eigenvalue weighted by molar-refractivity contribution is 5.48. The monoisotopic (exact) mass is 272 g/mol. The minimum atomic E-state index is 0.614. The van der Waals surface area contributed by atoms with E-state index in [0.29, 0.717) is 11.8 Å². The van der Waals surface area contributed by atoms with Gasteiger partial charge in [-0.3, -0.25) is 0 Å². The molecule has 20 heavy (non-hydrogen) atoms. The van der Waals surface area contributed by atoms with Gasteiger partial charge in [-0.15, -0.1) is 0 Å². The normalized spacial score (nSPS) is 23.5. The molecule has 2 aromatic heterocycles. The highest BCUT2D eigenvalue weighted by Crippen LogP contribution is 2.34. The number of anilines is 1. The first-order valence-electron chi connectivity index (χ1n) is 7.39. The molecule has 3 heterocycles. The summed E-state index contributed by atoms with van der Waals surface area (Å²) in [5.74, 6) is 2.56. The zero-order valence-corrected chi connectivity index (χ0v) is 12.0. The summed E-state index contributed by atoms with van der Waals surface area (Å²) in [7, 11) is 0. The summed E-state index contributed by atoms with van der Waals surface area (Å²) in [6, 6.07) is 0.614. The fourth-order valence-electron chi connectivity index (χ4n) is 3.09. The van der Waals surface area contributed by atoms with E-state index in [1.165, 1.54) is 12.8 Å². The molecule has 0 spiro atoms. The molecule has 1 aliphatic heterocycles. The van der Waals surface area contributed by atoms with E-state index < -0.39 is 0 Å². The molecule has 6 nitrogen and oxygen atoms in total. The van der Waals surface area contributed by atoms with E-state index in [0.717, 1.165) is 42.8 Å². The summed E-state index contributed by atoms with van der Waals surface area (Å²) in [6.45, 7) is 7.07. The number of piperazine rings is 1. The fourth-order valence-corrected chi connectivity index (χ4v) is 3.09. The standard InChI is InChI=1S/C14H20N6/c1-9-7-20-14(16-9)17-13(10(2)18-20)19-6-5-15-12(8-19)11-3-4-11/h7,11-12,15H,3-6,8H2,1-2H3. The molecular formula is C14H20N6. The van der Waals surface area contributed by atoms with Crippen LogP contribution in [0.5, 0.6) is 0 Å². The van der Waals surface area contributed by atoms with Crippen molar-refractivity contribution in [2.75, 3.05) is 24.5 Å². The lowest BCUT2D eigenvalue weighted by atomic mass is 10.1. The number of hydrogen-bond acceptors (Lipinski definition) is 5. The lowest BCUT2D eigenvalue weighted by Crippen LogP contribution is -2.52. The van der Waals surface area contributed by atoms with Crippen molar-refractivity contribution < 1.29 is 0 Å². The van der Waals surface area contributed by atoms with Crippen molar-refractivity contribution >= 4 is 11.6 Å². The maximum absolute atomic E-state index is 4.72. The van der Waals surface area contributed by atoms with E-state index in [1.54, 1.807) is 4.52 Å². The van der Waals surface area contributed by atoms with Crippen molar-refractivity contribution in [2.45, 2.75) is 32.7 Å². The molecule has 2 aliphatic rings. The second kappa shape index (κ2) is 4.41. The second-order valence-corrected chi connectivity index (χ2v) is 5.99. The first-order chi connectivity index (χ1) is 9.70. The van der Waals surface area contributed by atoms with Gasteiger partial charge in [0.05, 0.1) is 11.9 Å². The molecule has 1 N–H and O–H groups in total. The number of aromatic nitrogens is 4. The third-order valence-corrected chi connectivity index (χ3v) is 4.27. The van der Waals surface area contributed by atoms with Crippen LogP contribution < -0.4 is 10.2 Å². The van der Waals surface area contributed by atoms with Crippen LogP contribution in [0.4, 0.5) is 5.82 Å². The number of imidazole rings is 1. The second-order valence-electron chi connectivity index (χ2n) is 5.99. The Morgan fingerprint density at radius 1 is 1.25 bits per heavy atom. The summed E-state index contributed by atoms with van der Waals surface area (Å²) in [6.07, 6.45) is 4.66. The van der Waals surface area contributed by atoms with Gasteiger partial charge in [-0.25, -0.2) is 9.50 Å². The first kappa shape index (κ1) is 12.1. The zero-order chi connectivity index (χ0) is 13.7. The molecule has 1 aliphatic carbocycles. The molecule has 1 saturated carbocycles. The highest BCUT2D eigenvalue weighted by Gasteiger charge is 2.34. The number of hydrogen-bond donors (Lipinski definition) is 1. The minimum Gasteiger partial charge on any atom is -0.352 e. The van der Waals surface area contributed by atoms with Gasteiger partial charge in [-0.1, -0.05) is 0 Å². The number of fused-ring (bicyclic) bond motifs is 1. The average molecular weight is 272 g/mol. The van der Waals surface area contributed by atoms with Gasteiger partial charge in [-0.2, -0.15) is 10.1 Å². The van der Waals surface area contributed by atoms with Crippen molar-refractivity contribution in [1.82, 2.24) is 24.9 Å². The summed E-state index contributed by atoms with van der Waals surface area (Å²) in [4.78, 5) is 11.5. The number of aryl methyl sites for hydroxylation is 2. The topological polar surface area (TPSA) is 58.4 Å². The SMILES string of the molecule is Cc1cn2nc(C)c(N3CCNC(C4CC4)C3)nc2n1. The quantitative estimate of drug-likeness (QED) is 0.881. The van der Waals surface area contributed by atoms with Gasteiger partial charge in [-0.05, 0) is 32.6 Å². The Morgan fingerprint density at radius 2 is 2.10 bits per heavy atom. The zero-order valence-electron chi connectivity index (χ0n) is 12.0. The van der Waals surface area contributed by atoms with Gasteiger partial charge in [0.25, 0.3) is 5.78 Å². The maximum Gasteiger partial charge on any atom is 0.252 e. The Hall–Kier alpha value is -1.69. The van der Waals surface area contributed by atoms with Gasteiger partial charge in [0.15, 0.2) is 5.82 Å². The molecule has 1 unspecified atom stereocenters. The van der Waals surface area contributed by atoms with E-state index in [9.17, 15) is 0 Å². The van der Waals surface area contributed by atoms with Crippen LogP contribution in [0.2, 0.25) is 0 Å². The van der Waals surface area contributed by atoms with Crippen LogP contribution in [0.1, 0.15) is 24.2 Å². The molecule has 0 bridgehead atoms. The van der Waals surface area contributed by atoms with Crippen molar-refractivity contribution in [3.8, 4) is 0 Å². The molecule has 1 atom stereocenters. The van der Waals surface area contributed by atoms with Crippen molar-refractivity contribution in [1.29, 1.82) is 0 Å². The molecule has 1 saturated heterocycles. The Kier molecular flexibility index (Phi) is 2.66. The summed E-state index contributed by atoms with van der Waals surface area (Å²) < 4.78 is 1.77. The van der Waals surface area contributed by atoms with Crippen LogP contribution in [0.3, 0.4) is 0 Å². The van der Waals surface area contributed by atoms with Crippen LogP contribution in [0.25, 0.3) is 5.78 Å². The average Bonchev–Trinajstić information content (AvgIpc) is 3.21. The highest BCUT2D eigenvalue weighted by atomic mass is 15.3. The van der Waals surface area contributed by atoms with Crippen LogP contribution in [-0.2, 0) is 0 Å². The molecule has 0 aromatic carbocycles. The van der Waals surface area contributed by atoms with E-state index in [-0.39, 0.29) is 0 Å². The number of nitrogens with one attached hydrogen (secondary N) is 1. The van der Waals surface area contributed by atoms with Crippen LogP contribution in [0.15, 0.2) is 6.20 Å². The number of rotatable bonds is 2. The number of nitrogens with zero attached hydrogens (tertiary/aromatic N) is 5. The van der Waals surface area contributed by atoms with Crippen LogP contribution in [0, 0.1) is 19.8 Å². The van der Waals surface area contributed by atoms with E-state index in [1.807, 2.05) is 20.0 Å². The van der Waals surface area contributed by atoms with Gasteiger partial charge in [0, 0.05) is 25.7 Å². The maximum atomic E-state index is 4.72. The molecule has 2 aromatic rings. The van der Waals surface area contributed by atoms with Crippen molar-refractivity contribution in [3.63, 3.8) is 0 Å². The van der Waals surface area contributed by atoms with E-state index in [4.69, 9.17) is 4.98 Å². The van der Waals surface area contributed by atoms with Crippen molar-refractivity contribution in [3.05, 3.63) is 17.6 Å². The summed E-state index contributed by atoms with van der Waals surface area (Å²) >= 11 is 0. The lowest BCUT2D eigenvalue weighted by molar-refractivity contribution is 0.416. The lowest BCUT2D eigenvalue weighted by Gasteiger charge is -2.35. The Labute approximate surface area is 118 Å². The minimum absolute atomic E-state index is 0.614. The predicted molar refractivity (Wildman–Crippen MR) is 77.0 cm³/mol. The smallest absolute Gasteiger partial charge is 0.252 e. The third kappa shape index (κ3) is 2.04. The van der Waals surface area contributed by atoms with Crippen LogP contribution >= 0.6 is 0 Å². The molecule has 6 heteroatoms. The van der Waals surface area contributed by atoms with Gasteiger partial charge in [0.1, 0.15) is 5.69 Å². The molecule has 2 fully saturated rings. The molecular weight excluding hydrogens is 252 g/mol. The summed E-state index contributed by atoms with van der Waals surface area (Å²) in [5.41, 5.74) is 1.93. The molecule has 0 radical (unpaired) electrons. The first-order valence-corrected chi connectivity index (χ1v) is 7.39. The summed E-state index contributed by atoms with van der Waals surface area (Å²) in [5, 5.41) is 8.22. The predicted octanol–water partition coefficient (Wildman–Crippen LogP) is 0.929. The molecule has 106 valence electrons. The van der Waals surface area contributed by atoms with E-state index in [2.05, 4.69) is 20.3 Å². The van der Waals surface area contributed by atoms with Gasteiger partial charge >= 0.3 is 0 Å². The van der Waals surface area contributed by atoms with Gasteiger partial charge in [0.2, 0.25) is 0 Å². The Balaban J connectivity index is 1.67. The van der Waals surface area contributed by atoms with Crippen LogP contribution in [-0.4, -0.2) is 45.3 Å². The Bertz CT molecular complexity index is 644. The molecule has 0 amide bonds. The largest absolute Gasteiger partial charge is 0.352 e. The van der Waals surface area contributed by atoms with Crippen molar-refractivity contribution in [2.24, 2.45) is 5.92 Å².